The third-order valence-electron chi connectivity index (χ3n) is 2.87. The van der Waals surface area contributed by atoms with E-state index < -0.39 is 0 Å². The zero-order chi connectivity index (χ0) is 9.42. The largest absolute Gasteiger partial charge is 0.469 e. The van der Waals surface area contributed by atoms with E-state index in [-0.39, 0.29) is 30.1 Å². The van der Waals surface area contributed by atoms with Crippen molar-refractivity contribution in [3.63, 3.8) is 0 Å². The molecule has 2 rings (SSSR count). The molecule has 2 heterocycles. The summed E-state index contributed by atoms with van der Waals surface area (Å²) < 4.78 is 10.3. The van der Waals surface area contributed by atoms with Crippen LogP contribution >= 0.6 is 11.8 Å². The van der Waals surface area contributed by atoms with Gasteiger partial charge in [-0.1, -0.05) is 0 Å². The summed E-state index contributed by atoms with van der Waals surface area (Å²) in [5.74, 6) is -0.466. The quantitative estimate of drug-likeness (QED) is 0.525. The Labute approximate surface area is 81.6 Å². The lowest BCUT2D eigenvalue weighted by Gasteiger charge is -2.23. The average molecular weight is 206 g/mol. The molecule has 0 aliphatic carbocycles. The van der Waals surface area contributed by atoms with E-state index in [0.29, 0.717) is 0 Å². The van der Waals surface area contributed by atoms with Gasteiger partial charge in [-0.05, 0) is 24.6 Å². The molecule has 0 aromatic heterocycles. The number of rotatable bonds is 2. The predicted molar refractivity (Wildman–Crippen MR) is 46.2 cm³/mol. The van der Waals surface area contributed by atoms with Crippen molar-refractivity contribution < 1.29 is 14.3 Å². The average Bonchev–Trinajstić information content (AvgIpc) is 2.74. The third kappa shape index (κ3) is 1.33. The van der Waals surface area contributed by atoms with Gasteiger partial charge >= 0.3 is 5.97 Å². The standard InChI is InChI=1S/C8H12ClNO3/c1-12-8(11)6-4-2-3-5(13-4)7(6)10-9/h4-7,10H,2-3H2,1H3/t4-,5+,6+,7-/m0/s1. The van der Waals surface area contributed by atoms with Crippen molar-refractivity contribution in [2.24, 2.45) is 5.92 Å². The second kappa shape index (κ2) is 3.44. The Balaban J connectivity index is 2.13. The number of carbonyl (C=O) groups is 1. The van der Waals surface area contributed by atoms with Crippen LogP contribution in [0.1, 0.15) is 12.8 Å². The van der Waals surface area contributed by atoms with E-state index in [1.807, 2.05) is 0 Å². The van der Waals surface area contributed by atoms with Crippen LogP contribution in [-0.2, 0) is 14.3 Å². The first-order valence-electron chi connectivity index (χ1n) is 4.37. The lowest BCUT2D eigenvalue weighted by molar-refractivity contribution is -0.147. The minimum atomic E-state index is -0.235. The van der Waals surface area contributed by atoms with Gasteiger partial charge in [0, 0.05) is 0 Å². The number of hydrogen-bond acceptors (Lipinski definition) is 4. The molecule has 2 aliphatic rings. The molecule has 4 nitrogen and oxygen atoms in total. The number of hydrogen-bond donors (Lipinski definition) is 1. The van der Waals surface area contributed by atoms with Gasteiger partial charge in [-0.25, -0.2) is 4.84 Å². The summed E-state index contributed by atoms with van der Waals surface area (Å²) in [5.41, 5.74) is 0. The molecule has 0 aromatic carbocycles. The molecule has 13 heavy (non-hydrogen) atoms. The van der Waals surface area contributed by atoms with E-state index in [1.54, 1.807) is 0 Å². The normalized spacial score (nSPS) is 42.3. The maximum absolute atomic E-state index is 11.4. The Morgan fingerprint density at radius 3 is 2.85 bits per heavy atom. The van der Waals surface area contributed by atoms with Crippen molar-refractivity contribution in [1.82, 2.24) is 4.84 Å². The van der Waals surface area contributed by atoms with E-state index in [0.717, 1.165) is 12.8 Å². The number of ether oxygens (including phenoxy) is 2. The van der Waals surface area contributed by atoms with Crippen LogP contribution in [-0.4, -0.2) is 31.3 Å². The van der Waals surface area contributed by atoms with Gasteiger partial charge in [0.1, 0.15) is 5.92 Å². The number of halogens is 1. The Kier molecular flexibility index (Phi) is 2.45. The Bertz CT molecular complexity index is 223. The van der Waals surface area contributed by atoms with Crippen LogP contribution < -0.4 is 4.84 Å². The van der Waals surface area contributed by atoms with Crippen molar-refractivity contribution >= 4 is 17.7 Å². The van der Waals surface area contributed by atoms with Crippen molar-refractivity contribution in [2.75, 3.05) is 7.11 Å². The van der Waals surface area contributed by atoms with Crippen molar-refractivity contribution in [3.8, 4) is 0 Å². The molecule has 0 amide bonds. The summed E-state index contributed by atoms with van der Waals surface area (Å²) in [5, 5.41) is 0. The topological polar surface area (TPSA) is 47.6 Å². The van der Waals surface area contributed by atoms with E-state index >= 15 is 0 Å². The number of methoxy groups -OCH3 is 1. The van der Waals surface area contributed by atoms with E-state index in [2.05, 4.69) is 4.84 Å². The van der Waals surface area contributed by atoms with Gasteiger partial charge in [0.15, 0.2) is 0 Å². The first kappa shape index (κ1) is 9.24. The van der Waals surface area contributed by atoms with Crippen molar-refractivity contribution in [3.05, 3.63) is 0 Å². The van der Waals surface area contributed by atoms with E-state index in [9.17, 15) is 4.79 Å². The minimum Gasteiger partial charge on any atom is -0.469 e. The summed E-state index contributed by atoms with van der Waals surface area (Å²) >= 11 is 5.56. The Hall–Kier alpha value is -0.320. The maximum atomic E-state index is 11.4. The predicted octanol–water partition coefficient (Wildman–Crippen LogP) is 0.449. The van der Waals surface area contributed by atoms with Crippen LogP contribution in [0.2, 0.25) is 0 Å². The van der Waals surface area contributed by atoms with Gasteiger partial charge in [-0.15, -0.1) is 0 Å². The van der Waals surface area contributed by atoms with Gasteiger partial charge in [-0.3, -0.25) is 4.79 Å². The van der Waals surface area contributed by atoms with Gasteiger partial charge in [0.25, 0.3) is 0 Å². The molecule has 2 bridgehead atoms. The van der Waals surface area contributed by atoms with Gasteiger partial charge in [0.05, 0.1) is 25.4 Å². The molecule has 0 unspecified atom stereocenters. The molecule has 2 aliphatic heterocycles. The van der Waals surface area contributed by atoms with Gasteiger partial charge in [-0.2, -0.15) is 0 Å². The van der Waals surface area contributed by atoms with E-state index in [1.165, 1.54) is 7.11 Å². The highest BCUT2D eigenvalue weighted by atomic mass is 35.5. The summed E-state index contributed by atoms with van der Waals surface area (Å²) in [6.45, 7) is 0. The molecule has 5 heteroatoms. The molecule has 2 saturated heterocycles. The smallest absolute Gasteiger partial charge is 0.313 e. The number of carbonyl (C=O) groups excluding carboxylic acids is 1. The highest BCUT2D eigenvalue weighted by Gasteiger charge is 2.52. The number of esters is 1. The summed E-state index contributed by atoms with van der Waals surface area (Å²) in [6, 6.07) is -0.0899. The SMILES string of the molecule is COC(=O)[C@H]1[C@@H](NCl)[C@H]2CC[C@@H]1O2. The second-order valence-corrected chi connectivity index (χ2v) is 3.69. The summed E-state index contributed by atoms with van der Waals surface area (Å²) in [4.78, 5) is 14.0. The first-order chi connectivity index (χ1) is 6.27. The van der Waals surface area contributed by atoms with Gasteiger partial charge in [0.2, 0.25) is 0 Å². The van der Waals surface area contributed by atoms with Crippen LogP contribution in [0.15, 0.2) is 0 Å². The molecule has 1 N–H and O–H groups in total. The third-order valence-corrected chi connectivity index (χ3v) is 3.12. The Morgan fingerprint density at radius 2 is 2.23 bits per heavy atom. The van der Waals surface area contributed by atoms with Crippen LogP contribution in [0.25, 0.3) is 0 Å². The summed E-state index contributed by atoms with van der Waals surface area (Å²) in [7, 11) is 1.39. The van der Waals surface area contributed by atoms with E-state index in [4.69, 9.17) is 21.3 Å². The molecule has 0 saturated carbocycles. The fourth-order valence-corrected chi connectivity index (χ4v) is 2.53. The number of fused-ring (bicyclic) bond motifs is 2. The fourth-order valence-electron chi connectivity index (χ4n) is 2.25. The molecule has 0 aromatic rings. The molecule has 4 atom stereocenters. The highest BCUT2D eigenvalue weighted by molar-refractivity contribution is 6.13. The zero-order valence-electron chi connectivity index (χ0n) is 7.33. The van der Waals surface area contributed by atoms with Crippen LogP contribution in [0, 0.1) is 5.92 Å². The molecule has 0 radical (unpaired) electrons. The molecular weight excluding hydrogens is 194 g/mol. The lowest BCUT2D eigenvalue weighted by Crippen LogP contribution is -2.44. The number of nitrogens with one attached hydrogen (secondary N) is 1. The Morgan fingerprint density at radius 1 is 1.54 bits per heavy atom. The van der Waals surface area contributed by atoms with Crippen LogP contribution in [0.4, 0.5) is 0 Å². The highest BCUT2D eigenvalue weighted by Crippen LogP contribution is 2.39. The van der Waals surface area contributed by atoms with Crippen LogP contribution in [0.5, 0.6) is 0 Å². The second-order valence-electron chi connectivity index (χ2n) is 3.47. The molecule has 0 spiro atoms. The lowest BCUT2D eigenvalue weighted by atomic mass is 9.85. The fraction of sp³-hybridized carbons (Fsp3) is 0.875. The van der Waals surface area contributed by atoms with Gasteiger partial charge < -0.3 is 9.47 Å². The zero-order valence-corrected chi connectivity index (χ0v) is 8.08. The van der Waals surface area contributed by atoms with Crippen LogP contribution in [0.3, 0.4) is 0 Å². The summed E-state index contributed by atoms with van der Waals surface area (Å²) in [6.07, 6.45) is 1.97. The van der Waals surface area contributed by atoms with Crippen molar-refractivity contribution in [1.29, 1.82) is 0 Å². The van der Waals surface area contributed by atoms with Crippen molar-refractivity contribution in [2.45, 2.75) is 31.1 Å². The molecular formula is C8H12ClNO3. The maximum Gasteiger partial charge on any atom is 0.313 e. The minimum absolute atomic E-state index is 0.00583. The monoisotopic (exact) mass is 205 g/mol. The molecule has 2 fully saturated rings. The first-order valence-corrected chi connectivity index (χ1v) is 4.75. The molecule has 74 valence electrons.